The van der Waals surface area contributed by atoms with Gasteiger partial charge in [0.15, 0.2) is 0 Å². The molecule has 0 spiro atoms. The van der Waals surface area contributed by atoms with Crippen LogP contribution in [0.3, 0.4) is 0 Å². The van der Waals surface area contributed by atoms with Crippen LogP contribution >= 0.6 is 0 Å². The number of rotatable bonds is 5. The summed E-state index contributed by atoms with van der Waals surface area (Å²) < 4.78 is 10.9. The Labute approximate surface area is 102 Å². The van der Waals surface area contributed by atoms with Crippen molar-refractivity contribution in [3.8, 4) is 0 Å². The highest BCUT2D eigenvalue weighted by Gasteiger charge is 2.38. The standard InChI is InChI=1S/C12H22N2O3/c1-16-12(3-2-4-12)7-11(15)14-9-10-8-13-5-6-17-10/h10,13H,2-9H2,1H3,(H,14,15). The van der Waals surface area contributed by atoms with Gasteiger partial charge in [0.1, 0.15) is 0 Å². The summed E-state index contributed by atoms with van der Waals surface area (Å²) in [5, 5.41) is 6.17. The first kappa shape index (κ1) is 12.8. The molecule has 2 aliphatic rings. The summed E-state index contributed by atoms with van der Waals surface area (Å²) in [6.45, 7) is 3.03. The van der Waals surface area contributed by atoms with Crippen molar-refractivity contribution in [1.29, 1.82) is 0 Å². The van der Waals surface area contributed by atoms with Crippen LogP contribution in [0.15, 0.2) is 0 Å². The van der Waals surface area contributed by atoms with Crippen LogP contribution in [0.4, 0.5) is 0 Å². The minimum atomic E-state index is -0.185. The third-order valence-electron chi connectivity index (χ3n) is 3.71. The Bertz CT molecular complexity index is 255. The summed E-state index contributed by atoms with van der Waals surface area (Å²) in [5.41, 5.74) is -0.185. The molecular formula is C12H22N2O3. The molecule has 0 radical (unpaired) electrons. The molecule has 98 valence electrons. The van der Waals surface area contributed by atoms with Crippen LogP contribution in [-0.2, 0) is 14.3 Å². The van der Waals surface area contributed by atoms with Gasteiger partial charge in [-0.25, -0.2) is 0 Å². The van der Waals surface area contributed by atoms with Gasteiger partial charge in [-0.3, -0.25) is 4.79 Å². The fraction of sp³-hybridized carbons (Fsp3) is 0.917. The maximum atomic E-state index is 11.8. The highest BCUT2D eigenvalue weighted by atomic mass is 16.5. The van der Waals surface area contributed by atoms with Crippen molar-refractivity contribution in [3.63, 3.8) is 0 Å². The molecule has 2 N–H and O–H groups in total. The molecule has 1 aliphatic heterocycles. The summed E-state index contributed by atoms with van der Waals surface area (Å²) in [4.78, 5) is 11.8. The van der Waals surface area contributed by atoms with Crippen molar-refractivity contribution < 1.29 is 14.3 Å². The van der Waals surface area contributed by atoms with Gasteiger partial charge in [0.2, 0.25) is 5.91 Å². The molecule has 1 saturated carbocycles. The minimum Gasteiger partial charge on any atom is -0.378 e. The van der Waals surface area contributed by atoms with E-state index in [0.717, 1.165) is 39.0 Å². The highest BCUT2D eigenvalue weighted by Crippen LogP contribution is 2.37. The SMILES string of the molecule is COC1(CC(=O)NCC2CNCCO2)CCC1. The fourth-order valence-electron chi connectivity index (χ4n) is 2.36. The molecule has 1 saturated heterocycles. The molecule has 0 aromatic carbocycles. The number of amides is 1. The molecule has 1 amide bonds. The number of hydrogen-bond donors (Lipinski definition) is 2. The third kappa shape index (κ3) is 3.40. The Morgan fingerprint density at radius 1 is 1.59 bits per heavy atom. The van der Waals surface area contributed by atoms with Crippen molar-refractivity contribution in [3.05, 3.63) is 0 Å². The van der Waals surface area contributed by atoms with E-state index in [1.807, 2.05) is 0 Å². The molecule has 17 heavy (non-hydrogen) atoms. The topological polar surface area (TPSA) is 59.6 Å². The number of morpholine rings is 1. The maximum Gasteiger partial charge on any atom is 0.222 e. The molecule has 5 heteroatoms. The normalized spacial score (nSPS) is 27.2. The molecular weight excluding hydrogens is 220 g/mol. The molecule has 2 fully saturated rings. The van der Waals surface area contributed by atoms with Crippen molar-refractivity contribution in [2.45, 2.75) is 37.4 Å². The first-order valence-corrected chi connectivity index (χ1v) is 6.38. The van der Waals surface area contributed by atoms with Crippen LogP contribution in [0, 0.1) is 0 Å². The van der Waals surface area contributed by atoms with Crippen LogP contribution in [0.5, 0.6) is 0 Å². The van der Waals surface area contributed by atoms with Gasteiger partial charge in [-0.15, -0.1) is 0 Å². The number of nitrogens with one attached hydrogen (secondary N) is 2. The summed E-state index contributed by atoms with van der Waals surface area (Å²) in [6.07, 6.45) is 3.74. The zero-order chi connectivity index (χ0) is 12.1. The largest absolute Gasteiger partial charge is 0.378 e. The predicted molar refractivity (Wildman–Crippen MR) is 63.8 cm³/mol. The lowest BCUT2D eigenvalue weighted by Gasteiger charge is -2.40. The van der Waals surface area contributed by atoms with Crippen molar-refractivity contribution in [1.82, 2.24) is 10.6 Å². The Morgan fingerprint density at radius 2 is 2.41 bits per heavy atom. The molecule has 0 aromatic heterocycles. The van der Waals surface area contributed by atoms with Gasteiger partial charge in [0, 0.05) is 26.7 Å². The first-order chi connectivity index (χ1) is 8.24. The highest BCUT2D eigenvalue weighted by molar-refractivity contribution is 5.77. The van der Waals surface area contributed by atoms with Crippen LogP contribution in [0.1, 0.15) is 25.7 Å². The fourth-order valence-corrected chi connectivity index (χ4v) is 2.36. The van der Waals surface area contributed by atoms with Crippen LogP contribution in [0.25, 0.3) is 0 Å². The zero-order valence-electron chi connectivity index (χ0n) is 10.5. The van der Waals surface area contributed by atoms with Gasteiger partial charge >= 0.3 is 0 Å². The number of carbonyl (C=O) groups is 1. The number of ether oxygens (including phenoxy) is 2. The van der Waals surface area contributed by atoms with E-state index >= 15 is 0 Å². The second kappa shape index (κ2) is 5.80. The van der Waals surface area contributed by atoms with E-state index in [1.54, 1.807) is 7.11 Å². The lowest BCUT2D eigenvalue weighted by molar-refractivity contribution is -0.134. The van der Waals surface area contributed by atoms with E-state index in [2.05, 4.69) is 10.6 Å². The van der Waals surface area contributed by atoms with Gasteiger partial charge in [0.25, 0.3) is 0 Å². The summed E-state index contributed by atoms with van der Waals surface area (Å²) in [5.74, 6) is 0.0701. The van der Waals surface area contributed by atoms with E-state index in [-0.39, 0.29) is 17.6 Å². The molecule has 1 heterocycles. The molecule has 0 bridgehead atoms. The average molecular weight is 242 g/mol. The number of carbonyl (C=O) groups excluding carboxylic acids is 1. The van der Waals surface area contributed by atoms with Gasteiger partial charge in [-0.2, -0.15) is 0 Å². The molecule has 2 rings (SSSR count). The summed E-state index contributed by atoms with van der Waals surface area (Å²) in [6, 6.07) is 0. The second-order valence-corrected chi connectivity index (χ2v) is 4.92. The van der Waals surface area contributed by atoms with E-state index in [9.17, 15) is 4.79 Å². The number of hydrogen-bond acceptors (Lipinski definition) is 4. The van der Waals surface area contributed by atoms with E-state index in [4.69, 9.17) is 9.47 Å². The third-order valence-corrected chi connectivity index (χ3v) is 3.71. The molecule has 1 atom stereocenters. The minimum absolute atomic E-state index is 0.0701. The average Bonchev–Trinajstić information content (AvgIpc) is 2.33. The van der Waals surface area contributed by atoms with Gasteiger partial charge in [0.05, 0.1) is 24.7 Å². The van der Waals surface area contributed by atoms with Crippen molar-refractivity contribution in [2.75, 3.05) is 33.4 Å². The summed E-state index contributed by atoms with van der Waals surface area (Å²) in [7, 11) is 1.70. The molecule has 0 aromatic rings. The molecule has 5 nitrogen and oxygen atoms in total. The summed E-state index contributed by atoms with van der Waals surface area (Å²) >= 11 is 0. The predicted octanol–water partition coefficient (Wildman–Crippen LogP) is 0.0502. The Hall–Kier alpha value is -0.650. The Balaban J connectivity index is 1.66. The van der Waals surface area contributed by atoms with Crippen LogP contribution in [-0.4, -0.2) is 51.0 Å². The lowest BCUT2D eigenvalue weighted by Crippen LogP contribution is -2.48. The smallest absolute Gasteiger partial charge is 0.222 e. The van der Waals surface area contributed by atoms with Crippen LogP contribution in [0.2, 0.25) is 0 Å². The maximum absolute atomic E-state index is 11.8. The van der Waals surface area contributed by atoms with Gasteiger partial charge in [-0.1, -0.05) is 0 Å². The van der Waals surface area contributed by atoms with Gasteiger partial charge < -0.3 is 20.1 Å². The van der Waals surface area contributed by atoms with E-state index in [1.165, 1.54) is 0 Å². The monoisotopic (exact) mass is 242 g/mol. The van der Waals surface area contributed by atoms with E-state index < -0.39 is 0 Å². The zero-order valence-corrected chi connectivity index (χ0v) is 10.5. The molecule has 1 unspecified atom stereocenters. The number of methoxy groups -OCH3 is 1. The van der Waals surface area contributed by atoms with Crippen molar-refractivity contribution in [2.24, 2.45) is 0 Å². The van der Waals surface area contributed by atoms with Crippen molar-refractivity contribution >= 4 is 5.91 Å². The first-order valence-electron chi connectivity index (χ1n) is 6.38. The van der Waals surface area contributed by atoms with Gasteiger partial charge in [-0.05, 0) is 19.3 Å². The van der Waals surface area contributed by atoms with E-state index in [0.29, 0.717) is 13.0 Å². The quantitative estimate of drug-likeness (QED) is 0.715. The molecule has 1 aliphatic carbocycles. The lowest BCUT2D eigenvalue weighted by atomic mass is 9.77. The second-order valence-electron chi connectivity index (χ2n) is 4.92. The Morgan fingerprint density at radius 3 is 2.94 bits per heavy atom. The Kier molecular flexibility index (Phi) is 4.36. The van der Waals surface area contributed by atoms with Crippen LogP contribution < -0.4 is 10.6 Å².